The largest absolute Gasteiger partial charge is 0.349 e. The molecule has 2 aliphatic heterocycles. The van der Waals surface area contributed by atoms with Crippen LogP contribution in [0.2, 0.25) is 0 Å². The monoisotopic (exact) mass is 454 g/mol. The molecule has 4 aliphatic carbocycles. The Morgan fingerprint density at radius 1 is 1.03 bits per heavy atom. The fourth-order valence-electron chi connectivity index (χ4n) is 10.1. The van der Waals surface area contributed by atoms with E-state index in [0.717, 1.165) is 30.8 Å². The van der Waals surface area contributed by atoms with Crippen LogP contribution < -0.4 is 0 Å². The van der Waals surface area contributed by atoms with Gasteiger partial charge in [-0.05, 0) is 85.4 Å². The smallest absolute Gasteiger partial charge is 0.171 e. The molecule has 0 bridgehead atoms. The Labute approximate surface area is 201 Å². The van der Waals surface area contributed by atoms with Gasteiger partial charge in [0.2, 0.25) is 0 Å². The highest BCUT2D eigenvalue weighted by Crippen LogP contribution is 2.70. The molecular formula is C29H46N2O2. The third-order valence-electron chi connectivity index (χ3n) is 11.6. The highest BCUT2D eigenvalue weighted by atomic mass is 16.7. The molecule has 1 spiro atoms. The summed E-state index contributed by atoms with van der Waals surface area (Å²) < 4.78 is 13.5. The van der Waals surface area contributed by atoms with Gasteiger partial charge in [-0.1, -0.05) is 39.8 Å². The van der Waals surface area contributed by atoms with Gasteiger partial charge in [0.1, 0.15) is 0 Å². The first-order valence-corrected chi connectivity index (χ1v) is 13.9. The maximum atomic E-state index is 6.96. The maximum absolute atomic E-state index is 6.96. The van der Waals surface area contributed by atoms with Gasteiger partial charge in [0.15, 0.2) is 5.79 Å². The minimum atomic E-state index is -0.304. The summed E-state index contributed by atoms with van der Waals surface area (Å²) in [7, 11) is 4.19. The molecule has 0 aromatic carbocycles. The molecule has 33 heavy (non-hydrogen) atoms. The van der Waals surface area contributed by atoms with Gasteiger partial charge in [-0.25, -0.2) is 0 Å². The van der Waals surface area contributed by atoms with Crippen LogP contribution in [0.4, 0.5) is 0 Å². The molecule has 5 fully saturated rings. The Morgan fingerprint density at radius 3 is 2.58 bits per heavy atom. The van der Waals surface area contributed by atoms with E-state index >= 15 is 0 Å². The summed E-state index contributed by atoms with van der Waals surface area (Å²) in [5, 5.41) is 7.17. The van der Waals surface area contributed by atoms with Crippen molar-refractivity contribution in [3.63, 3.8) is 0 Å². The molecule has 5 unspecified atom stereocenters. The van der Waals surface area contributed by atoms with Gasteiger partial charge in [-0.3, -0.25) is 0 Å². The lowest BCUT2D eigenvalue weighted by atomic mass is 9.44. The standard InChI is InChI=1S/C29H46N2O2/c1-18-10-14-29(32-17-18)19(2)26-25(33-29)16-23-20-15-24(30-31(5)6)22-9-7-8-12-27(22,3)21(20)11-13-28(23,26)4/h7-8,18-23,25-26H,9-17H2,1-6H3/b30-24+/t18?,19?,20-,21+,22?,23+,25?,26?,27-,28+,29-/m1/s1. The SMILES string of the molecule is CC1CC[C@@]2(OC1)OC1C[C@H]3[C@@H]4C/C(=N\N(C)C)C5CC=CC[C@]5(C)[C@H]4CC[C@]3(C)C1C2C. The second-order valence-corrected chi connectivity index (χ2v) is 13.5. The predicted molar refractivity (Wildman–Crippen MR) is 133 cm³/mol. The second-order valence-electron chi connectivity index (χ2n) is 13.5. The van der Waals surface area contributed by atoms with Crippen LogP contribution in [0.5, 0.6) is 0 Å². The highest BCUT2D eigenvalue weighted by molar-refractivity contribution is 5.89. The van der Waals surface area contributed by atoms with E-state index in [2.05, 4.69) is 59.0 Å². The average molecular weight is 455 g/mol. The molecule has 6 rings (SSSR count). The van der Waals surface area contributed by atoms with Crippen molar-refractivity contribution in [3.05, 3.63) is 12.2 Å². The van der Waals surface area contributed by atoms with E-state index in [1.807, 2.05) is 0 Å². The maximum Gasteiger partial charge on any atom is 0.171 e. The van der Waals surface area contributed by atoms with Crippen molar-refractivity contribution in [2.45, 2.75) is 91.0 Å². The van der Waals surface area contributed by atoms with E-state index in [0.29, 0.717) is 40.6 Å². The first-order chi connectivity index (χ1) is 15.7. The zero-order valence-electron chi connectivity index (χ0n) is 21.8. The van der Waals surface area contributed by atoms with Crippen molar-refractivity contribution >= 4 is 5.71 Å². The second kappa shape index (κ2) is 7.56. The van der Waals surface area contributed by atoms with E-state index in [1.54, 1.807) is 0 Å². The van der Waals surface area contributed by atoms with E-state index in [1.165, 1.54) is 50.7 Å². The van der Waals surface area contributed by atoms with Crippen molar-refractivity contribution in [3.8, 4) is 0 Å². The fraction of sp³-hybridized carbons (Fsp3) is 0.897. The molecule has 11 atom stereocenters. The average Bonchev–Trinajstić information content (AvgIpc) is 3.21. The number of hydrogen-bond acceptors (Lipinski definition) is 4. The van der Waals surface area contributed by atoms with E-state index < -0.39 is 0 Å². The lowest BCUT2D eigenvalue weighted by Gasteiger charge is -2.60. The molecule has 2 saturated heterocycles. The summed E-state index contributed by atoms with van der Waals surface area (Å²) in [6.45, 7) is 10.9. The lowest BCUT2D eigenvalue weighted by Crippen LogP contribution is -2.56. The topological polar surface area (TPSA) is 34.1 Å². The molecule has 0 radical (unpaired) electrons. The van der Waals surface area contributed by atoms with E-state index in [9.17, 15) is 0 Å². The first kappa shape index (κ1) is 22.6. The highest BCUT2D eigenvalue weighted by Gasteiger charge is 2.69. The molecule has 6 aliphatic rings. The van der Waals surface area contributed by atoms with Crippen LogP contribution in [-0.4, -0.2) is 43.3 Å². The van der Waals surface area contributed by atoms with Gasteiger partial charge in [0.25, 0.3) is 0 Å². The molecule has 4 heteroatoms. The molecular weight excluding hydrogens is 408 g/mol. The molecule has 0 amide bonds. The molecule has 2 heterocycles. The Hall–Kier alpha value is -0.870. The van der Waals surface area contributed by atoms with Gasteiger partial charge >= 0.3 is 0 Å². The van der Waals surface area contributed by atoms with Crippen molar-refractivity contribution in [2.24, 2.45) is 57.4 Å². The van der Waals surface area contributed by atoms with Crippen LogP contribution >= 0.6 is 0 Å². The number of ether oxygens (including phenoxy) is 2. The first-order valence-electron chi connectivity index (χ1n) is 13.9. The van der Waals surface area contributed by atoms with Crippen LogP contribution in [0.1, 0.15) is 79.1 Å². The fourth-order valence-corrected chi connectivity index (χ4v) is 10.1. The molecule has 4 nitrogen and oxygen atoms in total. The van der Waals surface area contributed by atoms with Crippen LogP contribution in [0.3, 0.4) is 0 Å². The molecule has 184 valence electrons. The normalized spacial score (nSPS) is 56.4. The predicted octanol–water partition coefficient (Wildman–Crippen LogP) is 6.13. The Balaban J connectivity index is 1.32. The minimum absolute atomic E-state index is 0.304. The lowest BCUT2D eigenvalue weighted by molar-refractivity contribution is -0.272. The quantitative estimate of drug-likeness (QED) is 0.353. The number of fused-ring (bicyclic) bond motifs is 7. The summed E-state index contributed by atoms with van der Waals surface area (Å²) in [4.78, 5) is 0. The Kier molecular flexibility index (Phi) is 5.18. The third kappa shape index (κ3) is 3.11. The summed E-state index contributed by atoms with van der Waals surface area (Å²) >= 11 is 0. The molecule has 0 aromatic heterocycles. The van der Waals surface area contributed by atoms with Crippen LogP contribution in [0.15, 0.2) is 17.3 Å². The summed E-state index contributed by atoms with van der Waals surface area (Å²) in [6, 6.07) is 0. The van der Waals surface area contributed by atoms with Crippen LogP contribution in [0.25, 0.3) is 0 Å². The zero-order chi connectivity index (χ0) is 23.2. The van der Waals surface area contributed by atoms with Crippen molar-refractivity contribution in [1.82, 2.24) is 5.01 Å². The third-order valence-corrected chi connectivity index (χ3v) is 11.6. The summed E-state index contributed by atoms with van der Waals surface area (Å²) in [5.74, 6) is 4.45. The summed E-state index contributed by atoms with van der Waals surface area (Å²) in [6.07, 6.45) is 15.2. The number of allylic oxidation sites excluding steroid dienone is 2. The number of hydrogen-bond donors (Lipinski definition) is 0. The Morgan fingerprint density at radius 2 is 1.85 bits per heavy atom. The van der Waals surface area contributed by atoms with Gasteiger partial charge in [-0.15, -0.1) is 0 Å². The van der Waals surface area contributed by atoms with Gasteiger partial charge < -0.3 is 14.5 Å². The van der Waals surface area contributed by atoms with Crippen LogP contribution in [-0.2, 0) is 9.47 Å². The summed E-state index contributed by atoms with van der Waals surface area (Å²) in [5.41, 5.74) is 2.21. The zero-order valence-corrected chi connectivity index (χ0v) is 21.8. The number of rotatable bonds is 1. The number of nitrogens with zero attached hydrogens (tertiary/aromatic N) is 2. The molecule has 3 saturated carbocycles. The Bertz CT molecular complexity index is 843. The minimum Gasteiger partial charge on any atom is -0.349 e. The van der Waals surface area contributed by atoms with Crippen molar-refractivity contribution in [2.75, 3.05) is 20.7 Å². The van der Waals surface area contributed by atoms with Crippen LogP contribution in [0, 0.1) is 52.3 Å². The molecule has 0 aromatic rings. The molecule has 0 N–H and O–H groups in total. The van der Waals surface area contributed by atoms with E-state index in [4.69, 9.17) is 14.6 Å². The van der Waals surface area contributed by atoms with Gasteiger partial charge in [0.05, 0.1) is 12.7 Å². The van der Waals surface area contributed by atoms with Gasteiger partial charge in [0, 0.05) is 38.1 Å². The number of hydrazone groups is 1. The van der Waals surface area contributed by atoms with E-state index in [-0.39, 0.29) is 5.79 Å². The van der Waals surface area contributed by atoms with Crippen molar-refractivity contribution < 1.29 is 9.47 Å². The van der Waals surface area contributed by atoms with Crippen molar-refractivity contribution in [1.29, 1.82) is 0 Å². The van der Waals surface area contributed by atoms with Gasteiger partial charge in [-0.2, -0.15) is 5.10 Å².